The highest BCUT2D eigenvalue weighted by Gasteiger charge is 2.40. The second kappa shape index (κ2) is 6.57. The van der Waals surface area contributed by atoms with Crippen molar-refractivity contribution in [3.8, 4) is 11.5 Å². The summed E-state index contributed by atoms with van der Waals surface area (Å²) in [5, 5.41) is 8.77. The molecule has 4 heterocycles. The molecule has 0 N–H and O–H groups in total. The van der Waals surface area contributed by atoms with Crippen molar-refractivity contribution in [2.75, 3.05) is 31.1 Å². The Hall–Kier alpha value is -2.66. The number of furan rings is 1. The molecule has 132 valence electrons. The second-order valence-electron chi connectivity index (χ2n) is 7.36. The number of likely N-dealkylation sites (tertiary alicyclic amines) is 1. The summed E-state index contributed by atoms with van der Waals surface area (Å²) in [4.78, 5) is 4.97. The summed E-state index contributed by atoms with van der Waals surface area (Å²) in [5.41, 5.74) is 2.19. The highest BCUT2D eigenvalue weighted by atomic mass is 16.3. The zero-order valence-electron chi connectivity index (χ0n) is 14.7. The summed E-state index contributed by atoms with van der Waals surface area (Å²) >= 11 is 0. The van der Waals surface area contributed by atoms with Crippen LogP contribution in [0.15, 0.2) is 65.3 Å². The molecular formula is C21H22N4O. The van der Waals surface area contributed by atoms with Crippen molar-refractivity contribution in [2.45, 2.75) is 6.54 Å². The van der Waals surface area contributed by atoms with Gasteiger partial charge in [0.2, 0.25) is 0 Å². The fourth-order valence-electron chi connectivity index (χ4n) is 4.30. The van der Waals surface area contributed by atoms with Gasteiger partial charge in [0.15, 0.2) is 11.6 Å². The maximum absolute atomic E-state index is 5.38. The van der Waals surface area contributed by atoms with E-state index in [2.05, 4.69) is 56.4 Å². The molecule has 0 unspecified atom stereocenters. The molecule has 2 saturated heterocycles. The highest BCUT2D eigenvalue weighted by molar-refractivity contribution is 5.53. The Morgan fingerprint density at radius 3 is 2.31 bits per heavy atom. The topological polar surface area (TPSA) is 45.4 Å². The van der Waals surface area contributed by atoms with Gasteiger partial charge in [0.05, 0.1) is 6.26 Å². The summed E-state index contributed by atoms with van der Waals surface area (Å²) in [5.74, 6) is 3.19. The Bertz CT molecular complexity index is 833. The summed E-state index contributed by atoms with van der Waals surface area (Å²) in [6.07, 6.45) is 1.66. The Balaban J connectivity index is 1.21. The van der Waals surface area contributed by atoms with Gasteiger partial charge < -0.3 is 9.32 Å². The van der Waals surface area contributed by atoms with Crippen molar-refractivity contribution in [2.24, 2.45) is 11.8 Å². The molecule has 5 rings (SSSR count). The molecule has 2 aliphatic rings. The van der Waals surface area contributed by atoms with Crippen LogP contribution in [0.2, 0.25) is 0 Å². The van der Waals surface area contributed by atoms with Gasteiger partial charge >= 0.3 is 0 Å². The number of aromatic nitrogens is 2. The minimum atomic E-state index is 0.727. The molecular weight excluding hydrogens is 324 g/mol. The Kier molecular flexibility index (Phi) is 3.94. The monoisotopic (exact) mass is 346 g/mol. The van der Waals surface area contributed by atoms with Crippen LogP contribution in [0.5, 0.6) is 0 Å². The molecule has 5 heteroatoms. The SMILES string of the molecule is c1ccc(CN2C[C@H]3CN(c4ccc(-c5ccco5)nn4)C[C@@H]3C2)cc1. The van der Waals surface area contributed by atoms with Crippen LogP contribution in [-0.2, 0) is 6.54 Å². The maximum Gasteiger partial charge on any atom is 0.154 e. The molecule has 0 amide bonds. The van der Waals surface area contributed by atoms with Crippen LogP contribution in [0.1, 0.15) is 5.56 Å². The van der Waals surface area contributed by atoms with E-state index in [1.54, 1.807) is 6.26 Å². The lowest BCUT2D eigenvalue weighted by Gasteiger charge is -2.22. The third kappa shape index (κ3) is 2.99. The first-order valence-electron chi connectivity index (χ1n) is 9.24. The predicted octanol–water partition coefficient (Wildman–Crippen LogP) is 3.30. The van der Waals surface area contributed by atoms with Crippen LogP contribution in [0.3, 0.4) is 0 Å². The molecule has 1 aromatic carbocycles. The van der Waals surface area contributed by atoms with Gasteiger partial charge in [-0.15, -0.1) is 10.2 Å². The van der Waals surface area contributed by atoms with Gasteiger partial charge in [0.25, 0.3) is 0 Å². The van der Waals surface area contributed by atoms with Gasteiger partial charge in [-0.05, 0) is 41.7 Å². The van der Waals surface area contributed by atoms with E-state index in [0.717, 1.165) is 48.7 Å². The van der Waals surface area contributed by atoms with Crippen molar-refractivity contribution in [3.05, 3.63) is 66.4 Å². The number of hydrogen-bond acceptors (Lipinski definition) is 5. The van der Waals surface area contributed by atoms with Crippen LogP contribution in [0.4, 0.5) is 5.82 Å². The van der Waals surface area contributed by atoms with Crippen LogP contribution in [0.25, 0.3) is 11.5 Å². The van der Waals surface area contributed by atoms with Gasteiger partial charge in [-0.1, -0.05) is 30.3 Å². The van der Waals surface area contributed by atoms with Gasteiger partial charge in [-0.2, -0.15) is 0 Å². The average molecular weight is 346 g/mol. The summed E-state index contributed by atoms with van der Waals surface area (Å²) < 4.78 is 5.38. The quantitative estimate of drug-likeness (QED) is 0.725. The summed E-state index contributed by atoms with van der Waals surface area (Å²) in [7, 11) is 0. The van der Waals surface area contributed by atoms with Gasteiger partial charge in [-0.25, -0.2) is 0 Å². The highest BCUT2D eigenvalue weighted by Crippen LogP contribution is 2.34. The Labute approximate surface area is 153 Å². The number of benzene rings is 1. The van der Waals surface area contributed by atoms with Crippen LogP contribution < -0.4 is 4.90 Å². The first-order chi connectivity index (χ1) is 12.8. The van der Waals surface area contributed by atoms with Gasteiger partial charge in [0, 0.05) is 32.7 Å². The number of anilines is 1. The van der Waals surface area contributed by atoms with Crippen molar-refractivity contribution >= 4 is 5.82 Å². The molecule has 0 saturated carbocycles. The smallest absolute Gasteiger partial charge is 0.154 e. The average Bonchev–Trinajstić information content (AvgIpc) is 3.39. The lowest BCUT2D eigenvalue weighted by Crippen LogP contribution is -2.29. The van der Waals surface area contributed by atoms with Crippen molar-refractivity contribution < 1.29 is 4.42 Å². The van der Waals surface area contributed by atoms with Gasteiger partial charge in [0.1, 0.15) is 5.69 Å². The van der Waals surface area contributed by atoms with E-state index in [0.29, 0.717) is 0 Å². The van der Waals surface area contributed by atoms with E-state index < -0.39 is 0 Å². The minimum absolute atomic E-state index is 0.727. The zero-order chi connectivity index (χ0) is 17.3. The first kappa shape index (κ1) is 15.6. The van der Waals surface area contributed by atoms with Crippen LogP contribution >= 0.6 is 0 Å². The van der Waals surface area contributed by atoms with E-state index in [-0.39, 0.29) is 0 Å². The molecule has 3 aromatic rings. The van der Waals surface area contributed by atoms with Crippen molar-refractivity contribution in [3.63, 3.8) is 0 Å². The van der Waals surface area contributed by atoms with Crippen molar-refractivity contribution in [1.82, 2.24) is 15.1 Å². The number of rotatable bonds is 4. The second-order valence-corrected chi connectivity index (χ2v) is 7.36. The lowest BCUT2D eigenvalue weighted by molar-refractivity contribution is 0.309. The number of fused-ring (bicyclic) bond motifs is 1. The fraction of sp³-hybridized carbons (Fsp3) is 0.333. The molecule has 0 bridgehead atoms. The van der Waals surface area contributed by atoms with Crippen molar-refractivity contribution in [1.29, 1.82) is 0 Å². The van der Waals surface area contributed by atoms with E-state index >= 15 is 0 Å². The standard InChI is InChI=1S/C21H22N4O/c1-2-5-16(6-3-1)11-24-12-17-14-25(15-18(17)13-24)21-9-8-19(22-23-21)20-7-4-10-26-20/h1-10,17-18H,11-15H2/t17-,18-/m0/s1. The third-order valence-electron chi connectivity index (χ3n) is 5.56. The molecule has 26 heavy (non-hydrogen) atoms. The lowest BCUT2D eigenvalue weighted by atomic mass is 10.0. The van der Waals surface area contributed by atoms with E-state index in [1.165, 1.54) is 18.7 Å². The predicted molar refractivity (Wildman–Crippen MR) is 101 cm³/mol. The summed E-state index contributed by atoms with van der Waals surface area (Å²) in [6, 6.07) is 18.6. The maximum atomic E-state index is 5.38. The molecule has 2 aromatic heterocycles. The van der Waals surface area contributed by atoms with E-state index in [9.17, 15) is 0 Å². The first-order valence-corrected chi connectivity index (χ1v) is 9.24. The molecule has 0 spiro atoms. The normalized spacial score (nSPS) is 22.7. The molecule has 5 nitrogen and oxygen atoms in total. The summed E-state index contributed by atoms with van der Waals surface area (Å²) in [6.45, 7) is 5.56. The molecule has 0 radical (unpaired) electrons. The third-order valence-corrected chi connectivity index (χ3v) is 5.56. The largest absolute Gasteiger partial charge is 0.463 e. The number of nitrogens with zero attached hydrogens (tertiary/aromatic N) is 4. The van der Waals surface area contributed by atoms with Crippen LogP contribution in [0, 0.1) is 11.8 Å². The van der Waals surface area contributed by atoms with Gasteiger partial charge in [-0.3, -0.25) is 4.90 Å². The van der Waals surface area contributed by atoms with Crippen LogP contribution in [-0.4, -0.2) is 41.3 Å². The van der Waals surface area contributed by atoms with E-state index in [4.69, 9.17) is 4.42 Å². The fourth-order valence-corrected chi connectivity index (χ4v) is 4.30. The van der Waals surface area contributed by atoms with E-state index in [1.807, 2.05) is 18.2 Å². The molecule has 2 aliphatic heterocycles. The molecule has 0 aliphatic carbocycles. The Morgan fingerprint density at radius 1 is 0.846 bits per heavy atom. The molecule has 2 atom stereocenters. The molecule has 2 fully saturated rings. The Morgan fingerprint density at radius 2 is 1.65 bits per heavy atom. The number of hydrogen-bond donors (Lipinski definition) is 0. The minimum Gasteiger partial charge on any atom is -0.463 e. The zero-order valence-corrected chi connectivity index (χ0v) is 14.7.